The van der Waals surface area contributed by atoms with Gasteiger partial charge in [-0.2, -0.15) is 8.75 Å². The molecule has 5 heteroatoms. The van der Waals surface area contributed by atoms with E-state index >= 15 is 0 Å². The van der Waals surface area contributed by atoms with Crippen LogP contribution in [0.1, 0.15) is 22.9 Å². The zero-order valence-electron chi connectivity index (χ0n) is 9.51. The summed E-state index contributed by atoms with van der Waals surface area (Å²) in [6.45, 7) is 0.793. The number of nitrogens with one attached hydrogen (secondary N) is 1. The molecule has 2 aromatic rings. The molecular weight excluding hydrogens is 234 g/mol. The average Bonchev–Trinajstić information content (AvgIpc) is 2.99. The number of benzene rings is 1. The quantitative estimate of drug-likeness (QED) is 0.898. The molecule has 0 bridgehead atoms. The molecule has 3 rings (SSSR count). The Labute approximate surface area is 104 Å². The number of hydrogen-bond donors (Lipinski definition) is 1. The fraction of sp³-hybridized carbons (Fsp3) is 0.333. The molecule has 2 heterocycles. The number of hydrogen-bond acceptors (Lipinski definition) is 5. The minimum Gasteiger partial charge on any atom is -0.493 e. The Bertz CT molecular complexity index is 512. The molecule has 1 unspecified atom stereocenters. The molecule has 1 atom stereocenters. The first-order valence-electron chi connectivity index (χ1n) is 5.59. The monoisotopic (exact) mass is 247 g/mol. The average molecular weight is 247 g/mol. The third kappa shape index (κ3) is 1.92. The molecule has 17 heavy (non-hydrogen) atoms. The van der Waals surface area contributed by atoms with Crippen molar-refractivity contribution in [2.24, 2.45) is 0 Å². The Kier molecular flexibility index (Phi) is 2.78. The predicted molar refractivity (Wildman–Crippen MR) is 66.5 cm³/mol. The molecular formula is C12H13N3OS. The molecule has 0 saturated carbocycles. The molecule has 0 amide bonds. The number of ether oxygens (including phenoxy) is 1. The maximum absolute atomic E-state index is 5.51. The van der Waals surface area contributed by atoms with E-state index < -0.39 is 0 Å². The summed E-state index contributed by atoms with van der Waals surface area (Å²) in [5, 5.41) is 3.28. The van der Waals surface area contributed by atoms with E-state index in [-0.39, 0.29) is 6.04 Å². The van der Waals surface area contributed by atoms with E-state index in [1.54, 1.807) is 0 Å². The number of aromatic nitrogens is 2. The van der Waals surface area contributed by atoms with Gasteiger partial charge in [-0.05, 0) is 24.2 Å². The van der Waals surface area contributed by atoms with Crippen LogP contribution in [0.5, 0.6) is 5.75 Å². The number of fused-ring (bicyclic) bond motifs is 1. The highest BCUT2D eigenvalue weighted by Crippen LogP contribution is 2.29. The maximum Gasteiger partial charge on any atom is 0.122 e. The van der Waals surface area contributed by atoms with Gasteiger partial charge >= 0.3 is 0 Å². The maximum atomic E-state index is 5.51. The Morgan fingerprint density at radius 3 is 3.18 bits per heavy atom. The van der Waals surface area contributed by atoms with Gasteiger partial charge in [0.1, 0.15) is 5.75 Å². The lowest BCUT2D eigenvalue weighted by molar-refractivity contribution is 0.357. The van der Waals surface area contributed by atoms with E-state index in [0.29, 0.717) is 0 Å². The van der Waals surface area contributed by atoms with Crippen LogP contribution in [0, 0.1) is 0 Å². The topological polar surface area (TPSA) is 47.0 Å². The van der Waals surface area contributed by atoms with Crippen LogP contribution in [0.4, 0.5) is 0 Å². The molecule has 0 spiro atoms. The van der Waals surface area contributed by atoms with E-state index in [9.17, 15) is 0 Å². The minimum absolute atomic E-state index is 0.111. The molecule has 0 radical (unpaired) electrons. The lowest BCUT2D eigenvalue weighted by Crippen LogP contribution is -2.18. The van der Waals surface area contributed by atoms with Gasteiger partial charge in [0.15, 0.2) is 0 Å². The van der Waals surface area contributed by atoms with Crippen LogP contribution in [0.2, 0.25) is 0 Å². The largest absolute Gasteiger partial charge is 0.493 e. The van der Waals surface area contributed by atoms with Crippen molar-refractivity contribution in [3.05, 3.63) is 41.2 Å². The molecule has 1 N–H and O–H groups in total. The molecule has 1 aliphatic heterocycles. The Morgan fingerprint density at radius 1 is 1.47 bits per heavy atom. The van der Waals surface area contributed by atoms with E-state index in [1.165, 1.54) is 22.9 Å². The summed E-state index contributed by atoms with van der Waals surface area (Å²) >= 11 is 1.24. The van der Waals surface area contributed by atoms with E-state index in [1.807, 2.05) is 19.3 Å². The molecule has 4 nitrogen and oxygen atoms in total. The SMILES string of the molecule is CNC(c1ccc2c(c1)CCO2)c1cnsn1. The lowest BCUT2D eigenvalue weighted by Gasteiger charge is -2.14. The van der Waals surface area contributed by atoms with Crippen molar-refractivity contribution in [1.82, 2.24) is 14.1 Å². The van der Waals surface area contributed by atoms with E-state index in [2.05, 4.69) is 26.2 Å². The highest BCUT2D eigenvalue weighted by molar-refractivity contribution is 6.99. The summed E-state index contributed by atoms with van der Waals surface area (Å²) < 4.78 is 13.9. The van der Waals surface area contributed by atoms with Crippen molar-refractivity contribution in [3.63, 3.8) is 0 Å². The van der Waals surface area contributed by atoms with Crippen molar-refractivity contribution in [3.8, 4) is 5.75 Å². The second-order valence-corrected chi connectivity index (χ2v) is 4.58. The Hall–Kier alpha value is -1.46. The van der Waals surface area contributed by atoms with Gasteiger partial charge in [-0.15, -0.1) is 0 Å². The van der Waals surface area contributed by atoms with Crippen LogP contribution in [0.15, 0.2) is 24.4 Å². The van der Waals surface area contributed by atoms with Gasteiger partial charge in [-0.1, -0.05) is 12.1 Å². The summed E-state index contributed by atoms with van der Waals surface area (Å²) in [7, 11) is 1.94. The van der Waals surface area contributed by atoms with Crippen LogP contribution in [0.3, 0.4) is 0 Å². The highest BCUT2D eigenvalue weighted by Gasteiger charge is 2.18. The van der Waals surface area contributed by atoms with Crippen LogP contribution < -0.4 is 10.1 Å². The fourth-order valence-corrected chi connectivity index (χ4v) is 2.62. The summed E-state index contributed by atoms with van der Waals surface area (Å²) in [6, 6.07) is 6.44. The summed E-state index contributed by atoms with van der Waals surface area (Å²) in [6.07, 6.45) is 2.81. The van der Waals surface area contributed by atoms with Crippen molar-refractivity contribution in [1.29, 1.82) is 0 Å². The van der Waals surface area contributed by atoms with Crippen molar-refractivity contribution in [2.45, 2.75) is 12.5 Å². The zero-order valence-corrected chi connectivity index (χ0v) is 10.3. The molecule has 0 aliphatic carbocycles. The Balaban J connectivity index is 1.97. The second kappa shape index (κ2) is 4.43. The predicted octanol–water partition coefficient (Wildman–Crippen LogP) is 1.78. The highest BCUT2D eigenvalue weighted by atomic mass is 32.1. The van der Waals surface area contributed by atoms with Gasteiger partial charge < -0.3 is 10.1 Å². The van der Waals surface area contributed by atoms with Crippen LogP contribution in [-0.2, 0) is 6.42 Å². The first-order chi connectivity index (χ1) is 8.38. The molecule has 0 fully saturated rings. The van der Waals surface area contributed by atoms with Crippen LogP contribution >= 0.6 is 11.7 Å². The van der Waals surface area contributed by atoms with Gasteiger partial charge in [0.05, 0.1) is 36.3 Å². The molecule has 1 aromatic carbocycles. The normalized spacial score (nSPS) is 15.4. The summed E-state index contributed by atoms with van der Waals surface area (Å²) in [4.78, 5) is 0. The summed E-state index contributed by atoms with van der Waals surface area (Å²) in [5.41, 5.74) is 3.46. The first-order valence-corrected chi connectivity index (χ1v) is 6.32. The fourth-order valence-electron chi connectivity index (χ4n) is 2.17. The number of nitrogens with zero attached hydrogens (tertiary/aromatic N) is 2. The molecule has 1 aromatic heterocycles. The number of rotatable bonds is 3. The van der Waals surface area contributed by atoms with Gasteiger partial charge in [0.25, 0.3) is 0 Å². The standard InChI is InChI=1S/C12H13N3OS/c1-13-12(10-7-14-17-15-10)9-2-3-11-8(6-9)4-5-16-11/h2-3,6-7,12-13H,4-5H2,1H3. The van der Waals surface area contributed by atoms with Crippen LogP contribution in [0.25, 0.3) is 0 Å². The third-order valence-electron chi connectivity index (χ3n) is 3.01. The first kappa shape index (κ1) is 10.7. The molecule has 88 valence electrons. The summed E-state index contributed by atoms with van der Waals surface area (Å²) in [5.74, 6) is 1.01. The molecule has 1 aliphatic rings. The van der Waals surface area contributed by atoms with Gasteiger partial charge in [-0.25, -0.2) is 0 Å². The van der Waals surface area contributed by atoms with E-state index in [4.69, 9.17) is 4.74 Å². The van der Waals surface area contributed by atoms with E-state index in [0.717, 1.165) is 24.5 Å². The van der Waals surface area contributed by atoms with Gasteiger partial charge in [-0.3, -0.25) is 0 Å². The Morgan fingerprint density at radius 2 is 2.41 bits per heavy atom. The van der Waals surface area contributed by atoms with Gasteiger partial charge in [0.2, 0.25) is 0 Å². The van der Waals surface area contributed by atoms with Crippen molar-refractivity contribution < 1.29 is 4.74 Å². The van der Waals surface area contributed by atoms with Crippen LogP contribution in [-0.4, -0.2) is 22.4 Å². The zero-order chi connectivity index (χ0) is 11.7. The molecule has 0 saturated heterocycles. The van der Waals surface area contributed by atoms with Crippen molar-refractivity contribution >= 4 is 11.7 Å². The second-order valence-electron chi connectivity index (χ2n) is 4.02. The van der Waals surface area contributed by atoms with Crippen molar-refractivity contribution in [2.75, 3.05) is 13.7 Å². The third-order valence-corrected chi connectivity index (χ3v) is 3.50. The van der Waals surface area contributed by atoms with Gasteiger partial charge in [0, 0.05) is 6.42 Å². The minimum atomic E-state index is 0.111. The lowest BCUT2D eigenvalue weighted by atomic mass is 10.0. The smallest absolute Gasteiger partial charge is 0.122 e.